The molecule has 0 radical (unpaired) electrons. The summed E-state index contributed by atoms with van der Waals surface area (Å²) in [6.45, 7) is 17.1. The molecule has 0 amide bonds. The predicted molar refractivity (Wildman–Crippen MR) is 114 cm³/mol. The first-order valence-electron chi connectivity index (χ1n) is 7.99. The van der Waals surface area contributed by atoms with Crippen LogP contribution in [0.2, 0.25) is 0 Å². The molecule has 25 heavy (non-hydrogen) atoms. The zero-order valence-corrected chi connectivity index (χ0v) is 15.3. The molecule has 0 rings (SSSR count). The molecular weight excluding hydrogens is 304 g/mol. The Kier molecular flexibility index (Phi) is 12.7. The average molecular weight is 332 g/mol. The van der Waals surface area contributed by atoms with Crippen LogP contribution in [0.15, 0.2) is 127 Å². The third-order valence-corrected chi connectivity index (χ3v) is 2.96. The largest absolute Gasteiger partial charge is 0.311 e. The molecule has 0 aromatic rings. The molecule has 0 bridgehead atoms. The minimum absolute atomic E-state index is 0.933. The molecule has 0 saturated carbocycles. The average Bonchev–Trinajstić information content (AvgIpc) is 2.62. The van der Waals surface area contributed by atoms with E-state index in [0.29, 0.717) is 0 Å². The smallest absolute Gasteiger partial charge is 0.0461 e. The minimum Gasteiger partial charge on any atom is -0.311 e. The molecule has 0 aliphatic rings. The van der Waals surface area contributed by atoms with Gasteiger partial charge in [-0.3, -0.25) is 4.99 Å². The fourth-order valence-corrected chi connectivity index (χ4v) is 1.96. The Morgan fingerprint density at radius 3 is 1.56 bits per heavy atom. The van der Waals surface area contributed by atoms with E-state index in [1.54, 1.807) is 37.6 Å². The molecule has 0 saturated heterocycles. The van der Waals surface area contributed by atoms with E-state index >= 15 is 0 Å². The highest BCUT2D eigenvalue weighted by Crippen LogP contribution is 2.24. The first-order valence-corrected chi connectivity index (χ1v) is 7.99. The SMILES string of the molecule is C=C/C=C\C(=C/C=C)N(C(/C=C\C=NC)=C/C)C(/C=C\C=C)=C/C=C. The van der Waals surface area contributed by atoms with Crippen LogP contribution in [-0.4, -0.2) is 18.2 Å². The van der Waals surface area contributed by atoms with E-state index in [4.69, 9.17) is 0 Å². The summed E-state index contributed by atoms with van der Waals surface area (Å²) < 4.78 is 0. The van der Waals surface area contributed by atoms with Crippen LogP contribution in [0.1, 0.15) is 6.92 Å². The van der Waals surface area contributed by atoms with Crippen LogP contribution in [0.3, 0.4) is 0 Å². The Bertz CT molecular complexity index is 622. The fourth-order valence-electron chi connectivity index (χ4n) is 1.96. The second-order valence-corrected chi connectivity index (χ2v) is 4.66. The van der Waals surface area contributed by atoms with E-state index in [9.17, 15) is 0 Å². The summed E-state index contributed by atoms with van der Waals surface area (Å²) >= 11 is 0. The van der Waals surface area contributed by atoms with Crippen molar-refractivity contribution < 1.29 is 0 Å². The lowest BCUT2D eigenvalue weighted by molar-refractivity contribution is 0.577. The van der Waals surface area contributed by atoms with E-state index in [0.717, 1.165) is 17.1 Å². The monoisotopic (exact) mass is 332 g/mol. The molecule has 0 aliphatic heterocycles. The van der Waals surface area contributed by atoms with Gasteiger partial charge in [0.1, 0.15) is 0 Å². The van der Waals surface area contributed by atoms with Gasteiger partial charge in [0, 0.05) is 30.4 Å². The van der Waals surface area contributed by atoms with Crippen molar-refractivity contribution in [1.29, 1.82) is 0 Å². The van der Waals surface area contributed by atoms with Gasteiger partial charge in [0.25, 0.3) is 0 Å². The Labute approximate surface area is 153 Å². The van der Waals surface area contributed by atoms with Crippen molar-refractivity contribution in [2.45, 2.75) is 6.92 Å². The Hall–Kier alpha value is -3.13. The van der Waals surface area contributed by atoms with Crippen LogP contribution in [0.4, 0.5) is 0 Å². The van der Waals surface area contributed by atoms with Gasteiger partial charge in [-0.05, 0) is 43.4 Å². The van der Waals surface area contributed by atoms with Gasteiger partial charge >= 0.3 is 0 Å². The maximum Gasteiger partial charge on any atom is 0.0461 e. The molecule has 0 atom stereocenters. The first kappa shape index (κ1) is 21.9. The maximum absolute atomic E-state index is 3.99. The van der Waals surface area contributed by atoms with Gasteiger partial charge in [-0.2, -0.15) is 0 Å². The first-order chi connectivity index (χ1) is 12.2. The van der Waals surface area contributed by atoms with E-state index in [-0.39, 0.29) is 0 Å². The Morgan fingerprint density at radius 1 is 0.720 bits per heavy atom. The van der Waals surface area contributed by atoms with Crippen LogP contribution in [-0.2, 0) is 0 Å². The van der Waals surface area contributed by atoms with Gasteiger partial charge < -0.3 is 4.90 Å². The van der Waals surface area contributed by atoms with E-state index in [2.05, 4.69) is 36.2 Å². The van der Waals surface area contributed by atoms with Crippen molar-refractivity contribution >= 4 is 6.21 Å². The summed E-state index contributed by atoms with van der Waals surface area (Å²) in [5, 5.41) is 0. The topological polar surface area (TPSA) is 15.6 Å². The number of rotatable bonds is 11. The summed E-state index contributed by atoms with van der Waals surface area (Å²) in [6, 6.07) is 0. The third kappa shape index (κ3) is 8.33. The molecule has 2 heteroatoms. The van der Waals surface area contributed by atoms with Gasteiger partial charge in [0.2, 0.25) is 0 Å². The second-order valence-electron chi connectivity index (χ2n) is 4.66. The molecule has 0 aromatic carbocycles. The number of nitrogens with zero attached hydrogens (tertiary/aromatic N) is 2. The zero-order valence-electron chi connectivity index (χ0n) is 15.3. The molecule has 2 nitrogen and oxygen atoms in total. The summed E-state index contributed by atoms with van der Waals surface area (Å²) in [7, 11) is 1.74. The molecule has 0 spiro atoms. The molecule has 0 fully saturated rings. The van der Waals surface area contributed by atoms with Crippen molar-refractivity contribution in [3.05, 3.63) is 122 Å². The van der Waals surface area contributed by atoms with Gasteiger partial charge in [0.15, 0.2) is 0 Å². The molecule has 0 aliphatic carbocycles. The van der Waals surface area contributed by atoms with Gasteiger partial charge in [-0.1, -0.05) is 68.8 Å². The van der Waals surface area contributed by atoms with Crippen LogP contribution < -0.4 is 0 Å². The highest BCUT2D eigenvalue weighted by Gasteiger charge is 2.13. The van der Waals surface area contributed by atoms with Gasteiger partial charge in [-0.15, -0.1) is 0 Å². The molecule has 130 valence electrons. The summed E-state index contributed by atoms with van der Waals surface area (Å²) in [5.41, 5.74) is 2.84. The van der Waals surface area contributed by atoms with Crippen molar-refractivity contribution in [3.8, 4) is 0 Å². The molecule has 0 unspecified atom stereocenters. The normalized spacial score (nSPS) is 13.9. The second kappa shape index (κ2) is 14.5. The van der Waals surface area contributed by atoms with Crippen molar-refractivity contribution in [1.82, 2.24) is 4.90 Å². The number of hydrogen-bond donors (Lipinski definition) is 0. The van der Waals surface area contributed by atoms with Gasteiger partial charge in [-0.25, -0.2) is 0 Å². The van der Waals surface area contributed by atoms with Crippen molar-refractivity contribution in [3.63, 3.8) is 0 Å². The molecule has 0 aromatic heterocycles. The predicted octanol–water partition coefficient (Wildman–Crippen LogP) is 6.07. The fraction of sp³-hybridized carbons (Fsp3) is 0.0870. The maximum atomic E-state index is 3.99. The quantitative estimate of drug-likeness (QED) is 0.331. The standard InChI is InChI=1S/C23H28N2/c1-7-12-17-22(15-9-3)25(21(11-5)19-14-20-24-6)23(16-10-4)18-13-8-2/h7-20H,1-4H2,5-6H3/b17-12-,18-13-,19-14-,21-11+,22-15+,23-16+,24-20?. The van der Waals surface area contributed by atoms with Crippen molar-refractivity contribution in [2.24, 2.45) is 4.99 Å². The Morgan fingerprint density at radius 2 is 1.20 bits per heavy atom. The zero-order chi connectivity index (χ0) is 18.9. The van der Waals surface area contributed by atoms with Crippen LogP contribution >= 0.6 is 0 Å². The third-order valence-electron chi connectivity index (χ3n) is 2.96. The van der Waals surface area contributed by atoms with Gasteiger partial charge in [0.05, 0.1) is 0 Å². The summed E-state index contributed by atoms with van der Waals surface area (Å²) in [4.78, 5) is 6.08. The number of allylic oxidation sites excluding steroid dienone is 13. The number of aliphatic imine (C=N–C) groups is 1. The molecule has 0 heterocycles. The lowest BCUT2D eigenvalue weighted by atomic mass is 10.2. The minimum atomic E-state index is 0.933. The lowest BCUT2D eigenvalue weighted by Gasteiger charge is -2.28. The van der Waals surface area contributed by atoms with Crippen LogP contribution in [0.25, 0.3) is 0 Å². The van der Waals surface area contributed by atoms with E-state index in [1.165, 1.54) is 0 Å². The van der Waals surface area contributed by atoms with E-state index in [1.807, 2.05) is 61.6 Å². The Balaban J connectivity index is 6.42. The van der Waals surface area contributed by atoms with Crippen LogP contribution in [0.5, 0.6) is 0 Å². The van der Waals surface area contributed by atoms with Crippen LogP contribution in [0, 0.1) is 0 Å². The number of hydrogen-bond acceptors (Lipinski definition) is 2. The summed E-state index contributed by atoms with van der Waals surface area (Å²) in [6.07, 6.45) is 26.2. The summed E-state index contributed by atoms with van der Waals surface area (Å²) in [5.74, 6) is 0. The molecular formula is C23H28N2. The van der Waals surface area contributed by atoms with Crippen molar-refractivity contribution in [2.75, 3.05) is 7.05 Å². The highest BCUT2D eigenvalue weighted by molar-refractivity contribution is 5.71. The molecule has 0 N–H and O–H groups in total. The highest BCUT2D eigenvalue weighted by atomic mass is 15.2. The van der Waals surface area contributed by atoms with E-state index < -0.39 is 0 Å². The lowest BCUT2D eigenvalue weighted by Crippen LogP contribution is -2.19.